The first kappa shape index (κ1) is 12.3. The zero-order valence-electron chi connectivity index (χ0n) is 9.56. The highest BCUT2D eigenvalue weighted by Crippen LogP contribution is 2.18. The van der Waals surface area contributed by atoms with E-state index in [1.807, 2.05) is 24.3 Å². The van der Waals surface area contributed by atoms with Crippen LogP contribution in [0.15, 0.2) is 24.3 Å². The van der Waals surface area contributed by atoms with Crippen molar-refractivity contribution in [3.8, 4) is 0 Å². The van der Waals surface area contributed by atoms with Crippen molar-refractivity contribution in [1.82, 2.24) is 0 Å². The van der Waals surface area contributed by atoms with Gasteiger partial charge in [-0.15, -0.1) is 0 Å². The lowest BCUT2D eigenvalue weighted by molar-refractivity contribution is -0.113. The maximum absolute atomic E-state index is 11.2. The highest BCUT2D eigenvalue weighted by molar-refractivity contribution is 7.81. The second kappa shape index (κ2) is 5.93. The number of hydrogen-bond donors (Lipinski definition) is 2. The first-order valence-electron chi connectivity index (χ1n) is 5.63. The van der Waals surface area contributed by atoms with Crippen LogP contribution in [0.25, 0.3) is 0 Å². The average Bonchev–Trinajstić information content (AvgIpc) is 2.40. The molecule has 1 heterocycles. The minimum absolute atomic E-state index is 0.0903. The van der Waals surface area contributed by atoms with Gasteiger partial charge in [0, 0.05) is 24.5 Å². The number of nitrogens with one attached hydrogen (secondary N) is 1. The smallest absolute Gasteiger partial charge is 0.234 e. The number of thiol groups is 1. The molecule has 1 fully saturated rings. The van der Waals surface area contributed by atoms with E-state index in [0.717, 1.165) is 37.7 Å². The van der Waals surface area contributed by atoms with Gasteiger partial charge >= 0.3 is 0 Å². The predicted octanol–water partition coefficient (Wildman–Crippen LogP) is 1.39. The Morgan fingerprint density at radius 1 is 1.29 bits per heavy atom. The van der Waals surface area contributed by atoms with Crippen LogP contribution in [-0.4, -0.2) is 38.0 Å². The van der Waals surface area contributed by atoms with E-state index in [-0.39, 0.29) is 11.7 Å². The van der Waals surface area contributed by atoms with Gasteiger partial charge in [0.25, 0.3) is 0 Å². The van der Waals surface area contributed by atoms with Gasteiger partial charge in [-0.1, -0.05) is 0 Å². The fourth-order valence-corrected chi connectivity index (χ4v) is 1.86. The van der Waals surface area contributed by atoms with E-state index in [2.05, 4.69) is 22.8 Å². The van der Waals surface area contributed by atoms with Crippen molar-refractivity contribution in [3.63, 3.8) is 0 Å². The van der Waals surface area contributed by atoms with Gasteiger partial charge in [-0.3, -0.25) is 4.79 Å². The lowest BCUT2D eigenvalue weighted by Gasteiger charge is -2.28. The SMILES string of the molecule is O=C(CS)Nc1ccc(N2CCOCC2)cc1. The number of carbonyl (C=O) groups excluding carboxylic acids is 1. The van der Waals surface area contributed by atoms with Crippen molar-refractivity contribution in [3.05, 3.63) is 24.3 Å². The number of hydrogen-bond acceptors (Lipinski definition) is 4. The molecule has 0 atom stereocenters. The van der Waals surface area contributed by atoms with Crippen LogP contribution in [0.5, 0.6) is 0 Å². The Morgan fingerprint density at radius 2 is 1.94 bits per heavy atom. The normalized spacial score (nSPS) is 15.7. The van der Waals surface area contributed by atoms with Gasteiger partial charge in [0.2, 0.25) is 5.91 Å². The molecule has 1 aliphatic rings. The molecule has 5 heteroatoms. The van der Waals surface area contributed by atoms with E-state index in [1.165, 1.54) is 0 Å². The topological polar surface area (TPSA) is 41.6 Å². The van der Waals surface area contributed by atoms with Crippen molar-refractivity contribution < 1.29 is 9.53 Å². The molecule has 0 aromatic heterocycles. The number of amides is 1. The molecule has 0 unspecified atom stereocenters. The van der Waals surface area contributed by atoms with Crippen molar-refractivity contribution in [2.45, 2.75) is 0 Å². The van der Waals surface area contributed by atoms with E-state index in [1.54, 1.807) is 0 Å². The Labute approximate surface area is 106 Å². The zero-order valence-corrected chi connectivity index (χ0v) is 10.5. The van der Waals surface area contributed by atoms with Crippen molar-refractivity contribution in [1.29, 1.82) is 0 Å². The number of benzene rings is 1. The third-order valence-electron chi connectivity index (χ3n) is 2.67. The Kier molecular flexibility index (Phi) is 4.28. The molecule has 0 radical (unpaired) electrons. The summed E-state index contributed by atoms with van der Waals surface area (Å²) in [6, 6.07) is 7.84. The predicted molar refractivity (Wildman–Crippen MR) is 72.0 cm³/mol. The Bertz CT molecular complexity index is 375. The summed E-state index contributed by atoms with van der Waals surface area (Å²) in [7, 11) is 0. The molecule has 1 aromatic carbocycles. The average molecular weight is 252 g/mol. The monoisotopic (exact) mass is 252 g/mol. The van der Waals surface area contributed by atoms with Crippen molar-refractivity contribution in [2.75, 3.05) is 42.3 Å². The summed E-state index contributed by atoms with van der Waals surface area (Å²) in [6.07, 6.45) is 0. The second-order valence-corrected chi connectivity index (χ2v) is 4.17. The molecule has 1 N–H and O–H groups in total. The highest BCUT2D eigenvalue weighted by Gasteiger charge is 2.10. The van der Waals surface area contributed by atoms with Gasteiger partial charge in [0.1, 0.15) is 0 Å². The van der Waals surface area contributed by atoms with E-state index < -0.39 is 0 Å². The molecular formula is C12H16N2O2S. The van der Waals surface area contributed by atoms with Crippen molar-refractivity contribution >= 4 is 29.9 Å². The summed E-state index contributed by atoms with van der Waals surface area (Å²) in [5.41, 5.74) is 1.97. The Morgan fingerprint density at radius 3 is 2.53 bits per heavy atom. The Balaban J connectivity index is 1.99. The van der Waals surface area contributed by atoms with Crippen LogP contribution in [0.4, 0.5) is 11.4 Å². The molecule has 92 valence electrons. The second-order valence-electron chi connectivity index (χ2n) is 3.85. The van der Waals surface area contributed by atoms with E-state index in [4.69, 9.17) is 4.74 Å². The molecule has 0 bridgehead atoms. The number of nitrogens with zero attached hydrogens (tertiary/aromatic N) is 1. The molecule has 0 spiro atoms. The first-order chi connectivity index (χ1) is 8.29. The third kappa shape index (κ3) is 3.38. The number of morpholine rings is 1. The van der Waals surface area contributed by atoms with Crippen LogP contribution in [0.1, 0.15) is 0 Å². The maximum atomic E-state index is 11.2. The van der Waals surface area contributed by atoms with Gasteiger partial charge in [0.05, 0.1) is 19.0 Å². The largest absolute Gasteiger partial charge is 0.378 e. The third-order valence-corrected chi connectivity index (χ3v) is 2.96. The number of carbonyl (C=O) groups is 1. The van der Waals surface area contributed by atoms with Crippen LogP contribution >= 0.6 is 12.6 Å². The molecule has 2 rings (SSSR count). The van der Waals surface area contributed by atoms with Gasteiger partial charge in [-0.25, -0.2) is 0 Å². The summed E-state index contributed by atoms with van der Waals surface area (Å²) in [5, 5.41) is 2.76. The summed E-state index contributed by atoms with van der Waals surface area (Å²) >= 11 is 3.92. The standard InChI is InChI=1S/C12H16N2O2S/c15-12(9-17)13-10-1-3-11(4-2-10)14-5-7-16-8-6-14/h1-4,17H,5-9H2,(H,13,15). The summed E-state index contributed by atoms with van der Waals surface area (Å²) in [4.78, 5) is 13.4. The van der Waals surface area contributed by atoms with E-state index >= 15 is 0 Å². The Hall–Kier alpha value is -1.20. The van der Waals surface area contributed by atoms with Crippen LogP contribution in [0, 0.1) is 0 Å². The van der Waals surface area contributed by atoms with Crippen LogP contribution < -0.4 is 10.2 Å². The van der Waals surface area contributed by atoms with E-state index in [0.29, 0.717) is 0 Å². The molecule has 1 amide bonds. The lowest BCUT2D eigenvalue weighted by Crippen LogP contribution is -2.36. The van der Waals surface area contributed by atoms with E-state index in [9.17, 15) is 4.79 Å². The number of anilines is 2. The maximum Gasteiger partial charge on any atom is 0.234 e. The molecule has 17 heavy (non-hydrogen) atoms. The zero-order chi connectivity index (χ0) is 12.1. The molecule has 4 nitrogen and oxygen atoms in total. The van der Waals surface area contributed by atoms with Crippen LogP contribution in [0.2, 0.25) is 0 Å². The van der Waals surface area contributed by atoms with Crippen molar-refractivity contribution in [2.24, 2.45) is 0 Å². The van der Waals surface area contributed by atoms with Gasteiger partial charge in [0.15, 0.2) is 0 Å². The fraction of sp³-hybridized carbons (Fsp3) is 0.417. The molecule has 0 aliphatic carbocycles. The molecule has 1 aromatic rings. The molecular weight excluding hydrogens is 236 g/mol. The minimum atomic E-state index is -0.0903. The lowest BCUT2D eigenvalue weighted by atomic mass is 10.2. The highest BCUT2D eigenvalue weighted by atomic mass is 32.1. The quantitative estimate of drug-likeness (QED) is 0.799. The molecule has 1 saturated heterocycles. The summed E-state index contributed by atoms with van der Waals surface area (Å²) in [6.45, 7) is 3.39. The molecule has 0 saturated carbocycles. The van der Waals surface area contributed by atoms with Gasteiger partial charge in [-0.2, -0.15) is 12.6 Å². The summed E-state index contributed by atoms with van der Waals surface area (Å²) in [5.74, 6) is 0.109. The minimum Gasteiger partial charge on any atom is -0.378 e. The fourth-order valence-electron chi connectivity index (χ4n) is 1.78. The first-order valence-corrected chi connectivity index (χ1v) is 6.26. The summed E-state index contributed by atoms with van der Waals surface area (Å²) < 4.78 is 5.30. The van der Waals surface area contributed by atoms with Gasteiger partial charge < -0.3 is 15.0 Å². The molecule has 1 aliphatic heterocycles. The van der Waals surface area contributed by atoms with Crippen LogP contribution in [0.3, 0.4) is 0 Å². The van der Waals surface area contributed by atoms with Crippen LogP contribution in [-0.2, 0) is 9.53 Å². The number of ether oxygens (including phenoxy) is 1. The number of rotatable bonds is 3. The van der Waals surface area contributed by atoms with Gasteiger partial charge in [-0.05, 0) is 24.3 Å².